The SMILES string of the molecule is CSc1c(-c2ccccc2)n(C)c2ccccc12. The molecular formula is C16H15NS. The van der Waals surface area contributed by atoms with Crippen molar-refractivity contribution in [2.24, 2.45) is 7.05 Å². The fourth-order valence-electron chi connectivity index (χ4n) is 2.49. The van der Waals surface area contributed by atoms with Crippen molar-refractivity contribution in [2.75, 3.05) is 6.26 Å². The van der Waals surface area contributed by atoms with E-state index in [0.29, 0.717) is 0 Å². The molecule has 0 bridgehead atoms. The van der Waals surface area contributed by atoms with Crippen molar-refractivity contribution in [3.63, 3.8) is 0 Å². The Morgan fingerprint density at radius 1 is 0.889 bits per heavy atom. The summed E-state index contributed by atoms with van der Waals surface area (Å²) in [7, 11) is 2.14. The maximum absolute atomic E-state index is 2.29. The van der Waals surface area contributed by atoms with Gasteiger partial charge in [-0.15, -0.1) is 11.8 Å². The minimum absolute atomic E-state index is 1.28. The van der Waals surface area contributed by atoms with Crippen LogP contribution in [0.4, 0.5) is 0 Å². The zero-order valence-corrected chi connectivity index (χ0v) is 11.4. The van der Waals surface area contributed by atoms with Gasteiger partial charge < -0.3 is 4.57 Å². The van der Waals surface area contributed by atoms with Crippen molar-refractivity contribution in [3.05, 3.63) is 54.6 Å². The third-order valence-corrected chi connectivity index (χ3v) is 4.13. The Morgan fingerprint density at radius 3 is 2.28 bits per heavy atom. The number of rotatable bonds is 2. The van der Waals surface area contributed by atoms with Crippen molar-refractivity contribution in [3.8, 4) is 11.3 Å². The first-order valence-corrected chi connectivity index (χ1v) is 7.22. The second-order valence-electron chi connectivity index (χ2n) is 4.32. The number of thioether (sulfide) groups is 1. The van der Waals surface area contributed by atoms with E-state index in [1.807, 2.05) is 11.8 Å². The number of benzene rings is 2. The van der Waals surface area contributed by atoms with Gasteiger partial charge in [0.25, 0.3) is 0 Å². The average Bonchev–Trinajstić information content (AvgIpc) is 2.73. The fourth-order valence-corrected chi connectivity index (χ4v) is 3.33. The van der Waals surface area contributed by atoms with Gasteiger partial charge in [0.05, 0.1) is 5.69 Å². The molecule has 2 heteroatoms. The van der Waals surface area contributed by atoms with E-state index in [9.17, 15) is 0 Å². The van der Waals surface area contributed by atoms with Gasteiger partial charge in [-0.2, -0.15) is 0 Å². The minimum atomic E-state index is 1.28. The molecule has 0 saturated carbocycles. The summed E-state index contributed by atoms with van der Waals surface area (Å²) < 4.78 is 2.29. The van der Waals surface area contributed by atoms with E-state index < -0.39 is 0 Å². The number of fused-ring (bicyclic) bond motifs is 1. The first-order chi connectivity index (χ1) is 8.83. The van der Waals surface area contributed by atoms with Gasteiger partial charge >= 0.3 is 0 Å². The van der Waals surface area contributed by atoms with Gasteiger partial charge in [-0.3, -0.25) is 0 Å². The van der Waals surface area contributed by atoms with Crippen LogP contribution < -0.4 is 0 Å². The lowest BCUT2D eigenvalue weighted by atomic mass is 10.1. The Bertz CT molecular complexity index is 683. The summed E-state index contributed by atoms with van der Waals surface area (Å²) in [5, 5.41) is 1.34. The highest BCUT2D eigenvalue weighted by molar-refractivity contribution is 7.99. The number of hydrogen-bond donors (Lipinski definition) is 0. The second kappa shape index (κ2) is 4.54. The zero-order chi connectivity index (χ0) is 12.5. The zero-order valence-electron chi connectivity index (χ0n) is 10.6. The van der Waals surface area contributed by atoms with Crippen molar-refractivity contribution in [1.29, 1.82) is 0 Å². The molecule has 1 nitrogen and oxygen atoms in total. The smallest absolute Gasteiger partial charge is 0.0626 e. The van der Waals surface area contributed by atoms with Crippen molar-refractivity contribution >= 4 is 22.7 Å². The molecule has 0 fully saturated rings. The topological polar surface area (TPSA) is 4.93 Å². The maximum atomic E-state index is 2.29. The van der Waals surface area contributed by atoms with Gasteiger partial charge in [-0.05, 0) is 17.9 Å². The number of para-hydroxylation sites is 1. The molecule has 0 aliphatic carbocycles. The summed E-state index contributed by atoms with van der Waals surface area (Å²) in [5.74, 6) is 0. The highest BCUT2D eigenvalue weighted by atomic mass is 32.2. The Kier molecular flexibility index (Phi) is 2.88. The highest BCUT2D eigenvalue weighted by Crippen LogP contribution is 2.38. The average molecular weight is 253 g/mol. The van der Waals surface area contributed by atoms with Gasteiger partial charge in [-0.1, -0.05) is 48.5 Å². The summed E-state index contributed by atoms with van der Waals surface area (Å²) in [6, 6.07) is 19.2. The van der Waals surface area contributed by atoms with E-state index in [0.717, 1.165) is 0 Å². The number of aromatic nitrogens is 1. The first-order valence-electron chi connectivity index (χ1n) is 5.99. The Balaban J connectivity index is 2.38. The van der Waals surface area contributed by atoms with Gasteiger partial charge in [0.2, 0.25) is 0 Å². The molecule has 90 valence electrons. The predicted molar refractivity (Wildman–Crippen MR) is 80.1 cm³/mol. The largest absolute Gasteiger partial charge is 0.343 e. The van der Waals surface area contributed by atoms with Crippen LogP contribution in [-0.4, -0.2) is 10.8 Å². The van der Waals surface area contributed by atoms with E-state index in [1.54, 1.807) is 0 Å². The maximum Gasteiger partial charge on any atom is 0.0626 e. The minimum Gasteiger partial charge on any atom is -0.343 e. The molecule has 0 amide bonds. The number of aryl methyl sites for hydroxylation is 1. The van der Waals surface area contributed by atoms with E-state index in [4.69, 9.17) is 0 Å². The van der Waals surface area contributed by atoms with Crippen LogP contribution in [0.15, 0.2) is 59.5 Å². The lowest BCUT2D eigenvalue weighted by molar-refractivity contribution is 0.968. The summed E-state index contributed by atoms with van der Waals surface area (Å²) in [4.78, 5) is 1.36. The van der Waals surface area contributed by atoms with Gasteiger partial charge in [-0.25, -0.2) is 0 Å². The fraction of sp³-hybridized carbons (Fsp3) is 0.125. The third kappa shape index (κ3) is 1.65. The molecule has 2 aromatic carbocycles. The molecular weight excluding hydrogens is 238 g/mol. The van der Waals surface area contributed by atoms with Crippen LogP contribution >= 0.6 is 11.8 Å². The predicted octanol–water partition coefficient (Wildman–Crippen LogP) is 4.57. The summed E-state index contributed by atoms with van der Waals surface area (Å²) in [6.07, 6.45) is 2.15. The van der Waals surface area contributed by atoms with Crippen LogP contribution in [0.3, 0.4) is 0 Å². The molecule has 0 radical (unpaired) electrons. The molecule has 0 N–H and O–H groups in total. The number of nitrogens with zero attached hydrogens (tertiary/aromatic N) is 1. The first kappa shape index (κ1) is 11.4. The molecule has 0 saturated heterocycles. The summed E-state index contributed by atoms with van der Waals surface area (Å²) >= 11 is 1.82. The molecule has 1 heterocycles. The third-order valence-electron chi connectivity index (χ3n) is 3.31. The van der Waals surface area contributed by atoms with Crippen LogP contribution in [0.25, 0.3) is 22.2 Å². The molecule has 0 aliphatic heterocycles. The van der Waals surface area contributed by atoms with E-state index >= 15 is 0 Å². The monoisotopic (exact) mass is 253 g/mol. The van der Waals surface area contributed by atoms with Crippen molar-refractivity contribution in [1.82, 2.24) is 4.57 Å². The van der Waals surface area contributed by atoms with E-state index in [-0.39, 0.29) is 0 Å². The normalized spacial score (nSPS) is 11.0. The highest BCUT2D eigenvalue weighted by Gasteiger charge is 2.14. The van der Waals surface area contributed by atoms with Crippen LogP contribution in [0.1, 0.15) is 0 Å². The molecule has 0 spiro atoms. The quantitative estimate of drug-likeness (QED) is 0.606. The molecule has 3 aromatic rings. The number of hydrogen-bond acceptors (Lipinski definition) is 1. The van der Waals surface area contributed by atoms with Crippen LogP contribution in [0.2, 0.25) is 0 Å². The summed E-state index contributed by atoms with van der Waals surface area (Å²) in [6.45, 7) is 0. The standard InChI is InChI=1S/C16H15NS/c1-17-14-11-7-6-10-13(14)16(18-2)15(17)12-8-4-3-5-9-12/h3-11H,1-2H3. The molecule has 0 atom stereocenters. The van der Waals surface area contributed by atoms with Gasteiger partial charge in [0, 0.05) is 22.8 Å². The second-order valence-corrected chi connectivity index (χ2v) is 5.14. The molecule has 3 rings (SSSR count). The van der Waals surface area contributed by atoms with Crippen molar-refractivity contribution < 1.29 is 0 Å². The Labute approximate surface area is 111 Å². The van der Waals surface area contributed by atoms with Gasteiger partial charge in [0.15, 0.2) is 0 Å². The molecule has 1 aromatic heterocycles. The lowest BCUT2D eigenvalue weighted by Crippen LogP contribution is -1.91. The molecule has 0 aliphatic rings. The van der Waals surface area contributed by atoms with Crippen LogP contribution in [0, 0.1) is 0 Å². The lowest BCUT2D eigenvalue weighted by Gasteiger charge is -2.06. The van der Waals surface area contributed by atoms with Crippen LogP contribution in [-0.2, 0) is 7.05 Å². The van der Waals surface area contributed by atoms with Gasteiger partial charge in [0.1, 0.15) is 0 Å². The van der Waals surface area contributed by atoms with Crippen LogP contribution in [0.5, 0.6) is 0 Å². The van der Waals surface area contributed by atoms with Crippen molar-refractivity contribution in [2.45, 2.75) is 4.90 Å². The Hall–Kier alpha value is -1.67. The molecule has 0 unspecified atom stereocenters. The van der Waals surface area contributed by atoms with E-state index in [2.05, 4.69) is 72.5 Å². The van der Waals surface area contributed by atoms with E-state index in [1.165, 1.54) is 27.1 Å². The molecule has 18 heavy (non-hydrogen) atoms. The Morgan fingerprint density at radius 2 is 1.56 bits per heavy atom. The summed E-state index contributed by atoms with van der Waals surface area (Å²) in [5.41, 5.74) is 3.88.